The number of aromatic nitrogens is 1. The normalized spacial score (nSPS) is 13.8. The number of thiophene rings is 1. The molecule has 5 rings (SSSR count). The van der Waals surface area contributed by atoms with Gasteiger partial charge in [0.15, 0.2) is 0 Å². The van der Waals surface area contributed by atoms with Crippen molar-refractivity contribution in [3.63, 3.8) is 0 Å². The van der Waals surface area contributed by atoms with Crippen LogP contribution < -0.4 is 5.32 Å². The van der Waals surface area contributed by atoms with Gasteiger partial charge in [-0.3, -0.25) is 14.9 Å². The Morgan fingerprint density at radius 1 is 1.19 bits per heavy atom. The van der Waals surface area contributed by atoms with E-state index in [0.29, 0.717) is 0 Å². The van der Waals surface area contributed by atoms with E-state index >= 15 is 0 Å². The maximum Gasteiger partial charge on any atom is 0.269 e. The van der Waals surface area contributed by atoms with Gasteiger partial charge < -0.3 is 10.2 Å². The Balaban J connectivity index is 1.46. The van der Waals surface area contributed by atoms with E-state index in [-0.39, 0.29) is 18.0 Å². The molecule has 0 fully saturated rings. The van der Waals surface area contributed by atoms with E-state index in [1.54, 1.807) is 34.8 Å². The Bertz CT molecular complexity index is 1290. The molecule has 0 saturated carbocycles. The van der Waals surface area contributed by atoms with E-state index in [2.05, 4.69) is 23.3 Å². The van der Waals surface area contributed by atoms with Gasteiger partial charge in [0.1, 0.15) is 10.0 Å². The standard InChI is InChI=1S/C23H20N4O3S2/c1-26-11-10-16-19(13-26)32-23(21(16)22-24-17-4-2-3-5-18(17)31-22)25-20(28)12-14-6-8-15(9-7-14)27(29)30/h2-9H,10-13H2,1H3,(H,25,28). The van der Waals surface area contributed by atoms with Gasteiger partial charge >= 0.3 is 0 Å². The molecule has 2 aromatic carbocycles. The quantitative estimate of drug-likeness (QED) is 0.328. The van der Waals surface area contributed by atoms with E-state index in [4.69, 9.17) is 4.98 Å². The third-order valence-electron chi connectivity index (χ3n) is 5.52. The number of likely N-dealkylation sites (N-methyl/N-ethyl adjacent to an activating group) is 1. The molecule has 3 heterocycles. The Morgan fingerprint density at radius 3 is 2.72 bits per heavy atom. The van der Waals surface area contributed by atoms with E-state index in [1.165, 1.54) is 22.6 Å². The summed E-state index contributed by atoms with van der Waals surface area (Å²) in [6.45, 7) is 1.83. The minimum Gasteiger partial charge on any atom is -0.317 e. The lowest BCUT2D eigenvalue weighted by Gasteiger charge is -2.22. The molecule has 1 aliphatic heterocycles. The summed E-state index contributed by atoms with van der Waals surface area (Å²) in [4.78, 5) is 31.7. The number of non-ortho nitro benzene ring substituents is 1. The van der Waals surface area contributed by atoms with Crippen LogP contribution >= 0.6 is 22.7 Å². The van der Waals surface area contributed by atoms with Crippen LogP contribution in [0.15, 0.2) is 48.5 Å². The SMILES string of the molecule is CN1CCc2c(sc(NC(=O)Cc3ccc([N+](=O)[O-])cc3)c2-c2nc3ccccc3s2)C1. The second-order valence-corrected chi connectivity index (χ2v) is 9.97. The average Bonchev–Trinajstić information content (AvgIpc) is 3.34. The van der Waals surface area contributed by atoms with Gasteiger partial charge in [-0.1, -0.05) is 24.3 Å². The zero-order chi connectivity index (χ0) is 22.2. The molecule has 9 heteroatoms. The van der Waals surface area contributed by atoms with Gasteiger partial charge in [-0.15, -0.1) is 22.7 Å². The van der Waals surface area contributed by atoms with Crippen molar-refractivity contribution in [3.8, 4) is 10.6 Å². The fraction of sp³-hybridized carbons (Fsp3) is 0.217. The minimum atomic E-state index is -0.443. The predicted molar refractivity (Wildman–Crippen MR) is 128 cm³/mol. The Hall–Kier alpha value is -3.14. The molecule has 1 amide bonds. The van der Waals surface area contributed by atoms with Crippen LogP contribution in [-0.4, -0.2) is 34.3 Å². The summed E-state index contributed by atoms with van der Waals surface area (Å²) in [5.41, 5.74) is 4.02. The number of para-hydroxylation sites is 1. The first kappa shape index (κ1) is 20.7. The summed E-state index contributed by atoms with van der Waals surface area (Å²) >= 11 is 3.26. The summed E-state index contributed by atoms with van der Waals surface area (Å²) in [5.74, 6) is -0.145. The fourth-order valence-electron chi connectivity index (χ4n) is 3.92. The van der Waals surface area contributed by atoms with Crippen molar-refractivity contribution < 1.29 is 9.72 Å². The maximum atomic E-state index is 12.9. The number of hydrogen-bond acceptors (Lipinski definition) is 7. The van der Waals surface area contributed by atoms with E-state index in [1.807, 2.05) is 18.2 Å². The number of nitro groups is 1. The highest BCUT2D eigenvalue weighted by Gasteiger charge is 2.26. The third-order valence-corrected chi connectivity index (χ3v) is 7.71. The highest BCUT2D eigenvalue weighted by molar-refractivity contribution is 7.22. The number of fused-ring (bicyclic) bond motifs is 2. The molecule has 1 N–H and O–H groups in total. The third kappa shape index (κ3) is 4.02. The molecule has 0 spiro atoms. The first-order valence-electron chi connectivity index (χ1n) is 10.2. The van der Waals surface area contributed by atoms with Crippen molar-refractivity contribution in [1.82, 2.24) is 9.88 Å². The molecule has 0 radical (unpaired) electrons. The molecule has 0 aliphatic carbocycles. The fourth-order valence-corrected chi connectivity index (χ4v) is 6.37. The summed E-state index contributed by atoms with van der Waals surface area (Å²) in [7, 11) is 2.10. The van der Waals surface area contributed by atoms with Crippen molar-refractivity contribution in [2.75, 3.05) is 18.9 Å². The Morgan fingerprint density at radius 2 is 1.97 bits per heavy atom. The average molecular weight is 465 g/mol. The van der Waals surface area contributed by atoms with E-state index in [0.717, 1.165) is 50.9 Å². The highest BCUT2D eigenvalue weighted by atomic mass is 32.1. The van der Waals surface area contributed by atoms with Crippen molar-refractivity contribution >= 4 is 49.5 Å². The number of carbonyl (C=O) groups excluding carboxylic acids is 1. The smallest absolute Gasteiger partial charge is 0.269 e. The molecule has 4 aromatic rings. The zero-order valence-corrected chi connectivity index (χ0v) is 19.0. The molecule has 0 saturated heterocycles. The molecule has 0 unspecified atom stereocenters. The van der Waals surface area contributed by atoms with E-state index in [9.17, 15) is 14.9 Å². The van der Waals surface area contributed by atoms with Gasteiger partial charge in [0.25, 0.3) is 5.69 Å². The van der Waals surface area contributed by atoms with Gasteiger partial charge in [0, 0.05) is 35.7 Å². The van der Waals surface area contributed by atoms with Crippen molar-refractivity contribution in [3.05, 3.63) is 74.6 Å². The Kier molecular flexibility index (Phi) is 5.46. The maximum absolute atomic E-state index is 12.9. The lowest BCUT2D eigenvalue weighted by molar-refractivity contribution is -0.384. The molecule has 1 aliphatic rings. The number of nitrogens with one attached hydrogen (secondary N) is 1. The minimum absolute atomic E-state index is 0.0160. The van der Waals surface area contributed by atoms with Gasteiger partial charge in [-0.25, -0.2) is 4.98 Å². The van der Waals surface area contributed by atoms with Gasteiger partial charge in [-0.2, -0.15) is 0 Å². The molecule has 7 nitrogen and oxygen atoms in total. The number of amides is 1. The number of carbonyl (C=O) groups is 1. The van der Waals surface area contributed by atoms with Crippen LogP contribution in [0.2, 0.25) is 0 Å². The van der Waals surface area contributed by atoms with Crippen LogP contribution in [0.4, 0.5) is 10.7 Å². The predicted octanol–water partition coefficient (Wildman–Crippen LogP) is 5.10. The molecule has 0 bridgehead atoms. The van der Waals surface area contributed by atoms with Crippen molar-refractivity contribution in [2.45, 2.75) is 19.4 Å². The first-order valence-corrected chi connectivity index (χ1v) is 11.8. The van der Waals surface area contributed by atoms with Crippen LogP contribution in [0.25, 0.3) is 20.8 Å². The monoisotopic (exact) mass is 464 g/mol. The highest BCUT2D eigenvalue weighted by Crippen LogP contribution is 2.45. The number of thiazole rings is 1. The second-order valence-electron chi connectivity index (χ2n) is 7.83. The molecular formula is C23H20N4O3S2. The summed E-state index contributed by atoms with van der Waals surface area (Å²) < 4.78 is 1.12. The number of nitro benzene ring substituents is 1. The largest absolute Gasteiger partial charge is 0.317 e. The molecule has 162 valence electrons. The van der Waals surface area contributed by atoms with Crippen LogP contribution in [0, 0.1) is 10.1 Å². The van der Waals surface area contributed by atoms with Crippen LogP contribution in [0.1, 0.15) is 16.0 Å². The number of nitrogens with zero attached hydrogens (tertiary/aromatic N) is 3. The Labute approximate surface area is 192 Å². The lowest BCUT2D eigenvalue weighted by atomic mass is 10.0. The van der Waals surface area contributed by atoms with Gasteiger partial charge in [0.05, 0.1) is 21.6 Å². The van der Waals surface area contributed by atoms with Crippen LogP contribution in [0.5, 0.6) is 0 Å². The second kappa shape index (κ2) is 8.42. The lowest BCUT2D eigenvalue weighted by Crippen LogP contribution is -2.25. The molecule has 32 heavy (non-hydrogen) atoms. The first-order chi connectivity index (χ1) is 15.5. The number of rotatable bonds is 5. The van der Waals surface area contributed by atoms with Gasteiger partial charge in [0.2, 0.25) is 5.91 Å². The van der Waals surface area contributed by atoms with Crippen molar-refractivity contribution in [2.24, 2.45) is 0 Å². The van der Waals surface area contributed by atoms with Crippen LogP contribution in [-0.2, 0) is 24.2 Å². The van der Waals surface area contributed by atoms with Crippen LogP contribution in [0.3, 0.4) is 0 Å². The van der Waals surface area contributed by atoms with Crippen molar-refractivity contribution in [1.29, 1.82) is 0 Å². The summed E-state index contributed by atoms with van der Waals surface area (Å²) in [6, 6.07) is 14.2. The zero-order valence-electron chi connectivity index (χ0n) is 17.3. The topological polar surface area (TPSA) is 88.4 Å². The summed E-state index contributed by atoms with van der Waals surface area (Å²) in [5, 5.41) is 15.7. The van der Waals surface area contributed by atoms with E-state index < -0.39 is 4.92 Å². The molecule has 0 atom stereocenters. The number of benzene rings is 2. The molecule has 2 aromatic heterocycles. The number of anilines is 1. The van der Waals surface area contributed by atoms with Gasteiger partial charge in [-0.05, 0) is 36.7 Å². The summed E-state index contributed by atoms with van der Waals surface area (Å²) in [6.07, 6.45) is 1.07. The number of hydrogen-bond donors (Lipinski definition) is 1. The molecular weight excluding hydrogens is 444 g/mol.